The van der Waals surface area contributed by atoms with Crippen LogP contribution in [0.3, 0.4) is 0 Å². The van der Waals surface area contributed by atoms with E-state index in [2.05, 4.69) is 4.98 Å². The van der Waals surface area contributed by atoms with Crippen LogP contribution < -0.4 is 0 Å². The Morgan fingerprint density at radius 3 is 2.76 bits per heavy atom. The molecule has 6 heteroatoms. The Hall–Kier alpha value is -2.37. The third-order valence-electron chi connectivity index (χ3n) is 4.38. The molecule has 1 aliphatic heterocycles. The minimum atomic E-state index is -0.563. The predicted octanol–water partition coefficient (Wildman–Crippen LogP) is 3.08. The van der Waals surface area contributed by atoms with E-state index in [0.717, 1.165) is 23.1 Å². The van der Waals surface area contributed by atoms with Crippen LogP contribution in [-0.2, 0) is 23.0 Å². The zero-order valence-corrected chi connectivity index (χ0v) is 15.3. The summed E-state index contributed by atoms with van der Waals surface area (Å²) in [6, 6.07) is 5.44. The molecule has 0 radical (unpaired) electrons. The molecule has 2 aromatic heterocycles. The molecule has 1 aliphatic rings. The third kappa shape index (κ3) is 3.83. The molecule has 1 atom stereocenters. The maximum atomic E-state index is 12.8. The molecule has 0 bridgehead atoms. The quantitative estimate of drug-likeness (QED) is 0.859. The molecule has 0 spiro atoms. The lowest BCUT2D eigenvalue weighted by molar-refractivity contribution is -0.122. The highest BCUT2D eigenvalue weighted by Crippen LogP contribution is 2.23. The smallest absolute Gasteiger partial charge is 0.410 e. The fourth-order valence-electron chi connectivity index (χ4n) is 3.21. The van der Waals surface area contributed by atoms with E-state index in [1.165, 1.54) is 0 Å². The van der Waals surface area contributed by atoms with Gasteiger partial charge in [0.25, 0.3) is 0 Å². The first-order valence-corrected chi connectivity index (χ1v) is 8.68. The minimum absolute atomic E-state index is 0.0180. The van der Waals surface area contributed by atoms with Crippen molar-refractivity contribution in [3.8, 4) is 0 Å². The van der Waals surface area contributed by atoms with Gasteiger partial charge in [-0.05, 0) is 51.8 Å². The highest BCUT2D eigenvalue weighted by molar-refractivity contribution is 5.89. The summed E-state index contributed by atoms with van der Waals surface area (Å²) in [5, 5.41) is 1.05. The number of hydrogen-bond acceptors (Lipinski definition) is 4. The van der Waals surface area contributed by atoms with Crippen molar-refractivity contribution < 1.29 is 14.3 Å². The Morgan fingerprint density at radius 1 is 1.28 bits per heavy atom. The van der Waals surface area contributed by atoms with Crippen LogP contribution in [0.5, 0.6) is 0 Å². The Bertz CT molecular complexity index is 804. The lowest BCUT2D eigenvalue weighted by Gasteiger charge is -2.28. The predicted molar refractivity (Wildman–Crippen MR) is 95.4 cm³/mol. The van der Waals surface area contributed by atoms with Gasteiger partial charge in [0.2, 0.25) is 0 Å². The molecule has 0 unspecified atom stereocenters. The molecule has 134 valence electrons. The molecule has 0 aromatic carbocycles. The number of aryl methyl sites for hydroxylation is 1. The van der Waals surface area contributed by atoms with Crippen molar-refractivity contribution in [2.75, 3.05) is 6.54 Å². The van der Waals surface area contributed by atoms with Crippen molar-refractivity contribution in [3.05, 3.63) is 30.1 Å². The molecule has 25 heavy (non-hydrogen) atoms. The number of likely N-dealkylation sites (tertiary alicyclic amines) is 1. The molecule has 3 rings (SSSR count). The summed E-state index contributed by atoms with van der Waals surface area (Å²) < 4.78 is 7.37. The maximum absolute atomic E-state index is 12.8. The zero-order valence-electron chi connectivity index (χ0n) is 15.3. The van der Waals surface area contributed by atoms with Crippen LogP contribution in [-0.4, -0.2) is 44.5 Å². The van der Waals surface area contributed by atoms with Crippen molar-refractivity contribution in [3.63, 3.8) is 0 Å². The van der Waals surface area contributed by atoms with Gasteiger partial charge in [0.05, 0.1) is 18.2 Å². The standard InChI is InChI=1S/C19H25N3O3/c1-19(2,3)25-18(24)22-10-5-6-15(22)16(23)12-14-8-7-13-9-11-21(4)17(13)20-14/h7-9,11,15H,5-6,10,12H2,1-4H3/t15-/m0/s1. The number of Topliss-reactive ketones (excluding diaryl/α,β-unsaturated/α-hetero) is 1. The summed E-state index contributed by atoms with van der Waals surface area (Å²) in [5.41, 5.74) is 1.03. The second-order valence-electron chi connectivity index (χ2n) is 7.62. The summed E-state index contributed by atoms with van der Waals surface area (Å²) in [6.45, 7) is 6.06. The minimum Gasteiger partial charge on any atom is -0.444 e. The average molecular weight is 343 g/mol. The van der Waals surface area contributed by atoms with Gasteiger partial charge >= 0.3 is 6.09 Å². The lowest BCUT2D eigenvalue weighted by atomic mass is 10.1. The van der Waals surface area contributed by atoms with Gasteiger partial charge in [0.1, 0.15) is 11.2 Å². The van der Waals surface area contributed by atoms with Crippen molar-refractivity contribution in [2.24, 2.45) is 7.05 Å². The van der Waals surface area contributed by atoms with Gasteiger partial charge in [-0.15, -0.1) is 0 Å². The number of nitrogens with zero attached hydrogens (tertiary/aromatic N) is 3. The Balaban J connectivity index is 1.72. The first-order valence-electron chi connectivity index (χ1n) is 8.68. The summed E-state index contributed by atoms with van der Waals surface area (Å²) >= 11 is 0. The topological polar surface area (TPSA) is 64.4 Å². The zero-order chi connectivity index (χ0) is 18.2. The van der Waals surface area contributed by atoms with E-state index >= 15 is 0 Å². The van der Waals surface area contributed by atoms with Crippen LogP contribution in [0.25, 0.3) is 11.0 Å². The lowest BCUT2D eigenvalue weighted by Crippen LogP contribution is -2.43. The molecular weight excluding hydrogens is 318 g/mol. The van der Waals surface area contributed by atoms with E-state index in [0.29, 0.717) is 13.0 Å². The summed E-state index contributed by atoms with van der Waals surface area (Å²) in [4.78, 5) is 31.3. The summed E-state index contributed by atoms with van der Waals surface area (Å²) in [5.74, 6) is 0.0180. The van der Waals surface area contributed by atoms with Gasteiger partial charge in [-0.3, -0.25) is 9.69 Å². The van der Waals surface area contributed by atoms with E-state index in [1.54, 1.807) is 4.90 Å². The maximum Gasteiger partial charge on any atom is 0.410 e. The number of ketones is 1. The van der Waals surface area contributed by atoms with Crippen LogP contribution in [0.2, 0.25) is 0 Å². The molecule has 2 aromatic rings. The number of pyridine rings is 1. The van der Waals surface area contributed by atoms with E-state index in [-0.39, 0.29) is 12.2 Å². The number of hydrogen-bond donors (Lipinski definition) is 0. The number of amides is 1. The molecule has 1 saturated heterocycles. The van der Waals surface area contributed by atoms with Crippen LogP contribution in [0.1, 0.15) is 39.3 Å². The highest BCUT2D eigenvalue weighted by Gasteiger charge is 2.36. The number of rotatable bonds is 3. The number of carbonyl (C=O) groups excluding carboxylic acids is 2. The largest absolute Gasteiger partial charge is 0.444 e. The Labute approximate surface area is 147 Å². The first-order chi connectivity index (χ1) is 11.7. The van der Waals surface area contributed by atoms with Gasteiger partial charge < -0.3 is 9.30 Å². The molecule has 0 aliphatic carbocycles. The fraction of sp³-hybridized carbons (Fsp3) is 0.526. The number of fused-ring (bicyclic) bond motifs is 1. The van der Waals surface area contributed by atoms with Gasteiger partial charge in [0, 0.05) is 25.2 Å². The van der Waals surface area contributed by atoms with Gasteiger partial charge in [-0.1, -0.05) is 0 Å². The van der Waals surface area contributed by atoms with Crippen LogP contribution in [0, 0.1) is 0 Å². The Morgan fingerprint density at radius 2 is 2.04 bits per heavy atom. The van der Waals surface area contributed by atoms with Gasteiger partial charge in [-0.2, -0.15) is 0 Å². The average Bonchev–Trinajstić information content (AvgIpc) is 3.13. The van der Waals surface area contributed by atoms with Gasteiger partial charge in [-0.25, -0.2) is 9.78 Å². The summed E-state index contributed by atoms with van der Waals surface area (Å²) in [6.07, 6.45) is 3.27. The molecule has 3 heterocycles. The summed E-state index contributed by atoms with van der Waals surface area (Å²) in [7, 11) is 1.93. The molecule has 0 N–H and O–H groups in total. The molecule has 0 saturated carbocycles. The third-order valence-corrected chi connectivity index (χ3v) is 4.38. The van der Waals surface area contributed by atoms with Crippen molar-refractivity contribution >= 4 is 22.9 Å². The highest BCUT2D eigenvalue weighted by atomic mass is 16.6. The van der Waals surface area contributed by atoms with E-state index in [1.807, 2.05) is 56.8 Å². The molecular formula is C19H25N3O3. The monoisotopic (exact) mass is 343 g/mol. The van der Waals surface area contributed by atoms with E-state index in [4.69, 9.17) is 4.74 Å². The normalized spacial score (nSPS) is 17.9. The Kier molecular flexibility index (Phi) is 4.54. The number of aromatic nitrogens is 2. The van der Waals surface area contributed by atoms with E-state index in [9.17, 15) is 9.59 Å². The molecule has 6 nitrogen and oxygen atoms in total. The fourth-order valence-corrected chi connectivity index (χ4v) is 3.21. The van der Waals surface area contributed by atoms with Crippen LogP contribution >= 0.6 is 0 Å². The van der Waals surface area contributed by atoms with Crippen molar-refractivity contribution in [1.29, 1.82) is 0 Å². The SMILES string of the molecule is Cn1ccc2ccc(CC(=O)[C@@H]3CCCN3C(=O)OC(C)(C)C)nc21. The second kappa shape index (κ2) is 6.50. The van der Waals surface area contributed by atoms with Crippen LogP contribution in [0.15, 0.2) is 24.4 Å². The van der Waals surface area contributed by atoms with E-state index < -0.39 is 17.7 Å². The van der Waals surface area contributed by atoms with Crippen molar-refractivity contribution in [2.45, 2.75) is 51.7 Å². The second-order valence-corrected chi connectivity index (χ2v) is 7.62. The van der Waals surface area contributed by atoms with Gasteiger partial charge in [0.15, 0.2) is 5.78 Å². The van der Waals surface area contributed by atoms with Crippen molar-refractivity contribution in [1.82, 2.24) is 14.5 Å². The molecule has 1 amide bonds. The first kappa shape index (κ1) is 17.5. The number of ether oxygens (including phenoxy) is 1. The van der Waals surface area contributed by atoms with Crippen LogP contribution in [0.4, 0.5) is 4.79 Å². The molecule has 1 fully saturated rings. The number of carbonyl (C=O) groups is 2.